The van der Waals surface area contributed by atoms with Crippen LogP contribution in [-0.4, -0.2) is 8.42 Å². The third kappa shape index (κ3) is 3.65. The molecule has 0 aromatic heterocycles. The number of hydrogen-bond donors (Lipinski definition) is 1. The van der Waals surface area contributed by atoms with Gasteiger partial charge in [-0.2, -0.15) is 13.1 Å². The van der Waals surface area contributed by atoms with Gasteiger partial charge >= 0.3 is 10.4 Å². The Hall–Kier alpha value is -1.72. The van der Waals surface area contributed by atoms with Crippen molar-refractivity contribution in [1.29, 1.82) is 0 Å². The first-order valence-corrected chi connectivity index (χ1v) is 6.76. The minimum Gasteiger partial charge on any atom is -0.184 e. The highest BCUT2D eigenvalue weighted by Crippen LogP contribution is 2.19. The largest absolute Gasteiger partial charge is 0.372 e. The zero-order chi connectivity index (χ0) is 13.0. The molecule has 3 nitrogen and oxygen atoms in total. The van der Waals surface area contributed by atoms with Crippen molar-refractivity contribution in [2.45, 2.75) is 6.54 Å². The van der Waals surface area contributed by atoms with E-state index in [2.05, 4.69) is 0 Å². The van der Waals surface area contributed by atoms with E-state index >= 15 is 0 Å². The molecule has 0 amide bonds. The van der Waals surface area contributed by atoms with E-state index in [0.717, 1.165) is 11.1 Å². The molecule has 2 aromatic carbocycles. The summed E-state index contributed by atoms with van der Waals surface area (Å²) < 4.78 is 34.7. The molecule has 0 aliphatic rings. The van der Waals surface area contributed by atoms with E-state index < -0.39 is 10.4 Å². The maximum absolute atomic E-state index is 12.3. The van der Waals surface area contributed by atoms with Gasteiger partial charge in [-0.25, -0.2) is 0 Å². The first kappa shape index (κ1) is 12.7. The van der Waals surface area contributed by atoms with Crippen LogP contribution in [0.1, 0.15) is 5.56 Å². The van der Waals surface area contributed by atoms with Crippen molar-refractivity contribution >= 4 is 10.4 Å². The summed E-state index contributed by atoms with van der Waals surface area (Å²) in [5.41, 5.74) is 2.81. The standard InChI is InChI=1S/C13H12FNO2S/c14-18(16,17)15-10-11-6-8-13(9-7-11)12-4-2-1-3-5-12/h1-9,15H,10H2. The fourth-order valence-electron chi connectivity index (χ4n) is 1.62. The summed E-state index contributed by atoms with van der Waals surface area (Å²) in [7, 11) is -4.63. The second-order valence-electron chi connectivity index (χ2n) is 3.82. The van der Waals surface area contributed by atoms with Gasteiger partial charge in [0, 0.05) is 6.54 Å². The molecule has 0 heterocycles. The molecule has 0 saturated carbocycles. The Kier molecular flexibility index (Phi) is 3.74. The van der Waals surface area contributed by atoms with Crippen LogP contribution in [0.2, 0.25) is 0 Å². The second kappa shape index (κ2) is 5.29. The van der Waals surface area contributed by atoms with Crippen molar-refractivity contribution < 1.29 is 12.3 Å². The van der Waals surface area contributed by atoms with Gasteiger partial charge in [-0.3, -0.25) is 0 Å². The third-order valence-corrected chi connectivity index (χ3v) is 3.00. The van der Waals surface area contributed by atoms with E-state index in [1.807, 2.05) is 42.5 Å². The van der Waals surface area contributed by atoms with Crippen LogP contribution >= 0.6 is 0 Å². The topological polar surface area (TPSA) is 46.2 Å². The van der Waals surface area contributed by atoms with E-state index in [-0.39, 0.29) is 6.54 Å². The van der Waals surface area contributed by atoms with Gasteiger partial charge in [0.05, 0.1) is 0 Å². The zero-order valence-electron chi connectivity index (χ0n) is 9.51. The van der Waals surface area contributed by atoms with E-state index in [4.69, 9.17) is 0 Å². The molecule has 1 N–H and O–H groups in total. The van der Waals surface area contributed by atoms with E-state index in [1.165, 1.54) is 0 Å². The number of rotatable bonds is 4. The molecular formula is C13H12FNO2S. The predicted octanol–water partition coefficient (Wildman–Crippen LogP) is 2.66. The van der Waals surface area contributed by atoms with Crippen LogP contribution in [0, 0.1) is 0 Å². The van der Waals surface area contributed by atoms with Gasteiger partial charge in [0.15, 0.2) is 0 Å². The van der Waals surface area contributed by atoms with Gasteiger partial charge in [0.2, 0.25) is 0 Å². The Morgan fingerprint density at radius 2 is 1.44 bits per heavy atom. The normalized spacial score (nSPS) is 11.4. The van der Waals surface area contributed by atoms with Crippen molar-refractivity contribution in [2.24, 2.45) is 0 Å². The van der Waals surface area contributed by atoms with Gasteiger partial charge in [-0.1, -0.05) is 58.5 Å². The maximum atomic E-state index is 12.3. The van der Waals surface area contributed by atoms with E-state index in [0.29, 0.717) is 5.56 Å². The second-order valence-corrected chi connectivity index (χ2v) is 4.99. The predicted molar refractivity (Wildman–Crippen MR) is 68.7 cm³/mol. The summed E-state index contributed by atoms with van der Waals surface area (Å²) in [4.78, 5) is 0. The van der Waals surface area contributed by atoms with Crippen LogP contribution in [0.4, 0.5) is 3.89 Å². The van der Waals surface area contributed by atoms with Gasteiger partial charge in [-0.05, 0) is 16.7 Å². The van der Waals surface area contributed by atoms with E-state index in [1.54, 1.807) is 16.9 Å². The molecule has 2 rings (SSSR count). The highest BCUT2D eigenvalue weighted by molar-refractivity contribution is 7.84. The van der Waals surface area contributed by atoms with Crippen LogP contribution in [0.5, 0.6) is 0 Å². The molecule has 0 spiro atoms. The highest BCUT2D eigenvalue weighted by Gasteiger charge is 2.05. The number of benzene rings is 2. The van der Waals surface area contributed by atoms with Gasteiger partial charge < -0.3 is 0 Å². The molecule has 0 radical (unpaired) electrons. The van der Waals surface area contributed by atoms with E-state index in [9.17, 15) is 12.3 Å². The molecule has 94 valence electrons. The van der Waals surface area contributed by atoms with Crippen molar-refractivity contribution in [3.05, 3.63) is 60.2 Å². The molecule has 0 bridgehead atoms. The lowest BCUT2D eigenvalue weighted by Gasteiger charge is -2.04. The Balaban J connectivity index is 2.11. The lowest BCUT2D eigenvalue weighted by Crippen LogP contribution is -2.17. The minimum atomic E-state index is -4.63. The minimum absolute atomic E-state index is 0.0477. The summed E-state index contributed by atoms with van der Waals surface area (Å²) in [6.45, 7) is -0.0477. The fourth-order valence-corrected chi connectivity index (χ4v) is 1.95. The number of halogens is 1. The highest BCUT2D eigenvalue weighted by atomic mass is 32.3. The first-order chi connectivity index (χ1) is 8.54. The molecule has 2 aromatic rings. The fraction of sp³-hybridized carbons (Fsp3) is 0.0769. The van der Waals surface area contributed by atoms with Crippen LogP contribution < -0.4 is 4.72 Å². The first-order valence-electron chi connectivity index (χ1n) is 5.38. The van der Waals surface area contributed by atoms with Gasteiger partial charge in [0.1, 0.15) is 0 Å². The molecule has 0 saturated heterocycles. The summed E-state index contributed by atoms with van der Waals surface area (Å²) in [6.07, 6.45) is 0. The summed E-state index contributed by atoms with van der Waals surface area (Å²) in [5.74, 6) is 0. The maximum Gasteiger partial charge on any atom is 0.372 e. The molecule has 0 aliphatic heterocycles. The quantitative estimate of drug-likeness (QED) is 0.864. The molecule has 0 atom stereocenters. The van der Waals surface area contributed by atoms with Crippen molar-refractivity contribution in [3.8, 4) is 11.1 Å². The zero-order valence-corrected chi connectivity index (χ0v) is 10.3. The molecule has 0 fully saturated rings. The number of nitrogens with one attached hydrogen (secondary N) is 1. The Morgan fingerprint density at radius 3 is 2.00 bits per heavy atom. The lowest BCUT2D eigenvalue weighted by molar-refractivity contribution is 0.535. The third-order valence-electron chi connectivity index (χ3n) is 2.51. The van der Waals surface area contributed by atoms with Crippen molar-refractivity contribution in [3.63, 3.8) is 0 Å². The van der Waals surface area contributed by atoms with Crippen LogP contribution in [0.3, 0.4) is 0 Å². The molecular weight excluding hydrogens is 253 g/mol. The summed E-state index contributed by atoms with van der Waals surface area (Å²) in [6, 6.07) is 17.1. The van der Waals surface area contributed by atoms with Crippen molar-refractivity contribution in [1.82, 2.24) is 4.72 Å². The summed E-state index contributed by atoms with van der Waals surface area (Å²) in [5, 5.41) is 0. The smallest absolute Gasteiger partial charge is 0.184 e. The SMILES string of the molecule is O=S(=O)(F)NCc1ccc(-c2ccccc2)cc1. The van der Waals surface area contributed by atoms with Gasteiger partial charge in [0.25, 0.3) is 0 Å². The number of hydrogen-bond acceptors (Lipinski definition) is 2. The summed E-state index contributed by atoms with van der Waals surface area (Å²) >= 11 is 0. The average molecular weight is 265 g/mol. The molecule has 0 unspecified atom stereocenters. The van der Waals surface area contributed by atoms with Gasteiger partial charge in [-0.15, -0.1) is 0 Å². The lowest BCUT2D eigenvalue weighted by atomic mass is 10.0. The van der Waals surface area contributed by atoms with Crippen LogP contribution in [0.15, 0.2) is 54.6 Å². The van der Waals surface area contributed by atoms with Crippen LogP contribution in [0.25, 0.3) is 11.1 Å². The molecule has 0 aliphatic carbocycles. The molecule has 18 heavy (non-hydrogen) atoms. The average Bonchev–Trinajstić information content (AvgIpc) is 2.37. The Labute approximate surface area is 106 Å². The van der Waals surface area contributed by atoms with Crippen LogP contribution in [-0.2, 0) is 17.0 Å². The monoisotopic (exact) mass is 265 g/mol. The van der Waals surface area contributed by atoms with Crippen molar-refractivity contribution in [2.75, 3.05) is 0 Å². The Morgan fingerprint density at radius 1 is 0.889 bits per heavy atom. The molecule has 5 heteroatoms. The Bertz CT molecular complexity index is 609.